The fourth-order valence-corrected chi connectivity index (χ4v) is 3.72. The summed E-state index contributed by atoms with van der Waals surface area (Å²) in [5, 5.41) is 3.14. The Bertz CT molecular complexity index is 550. The van der Waals surface area contributed by atoms with Crippen LogP contribution in [0, 0.1) is 13.8 Å². The van der Waals surface area contributed by atoms with Gasteiger partial charge in [0, 0.05) is 12.2 Å². The van der Waals surface area contributed by atoms with E-state index in [2.05, 4.69) is 17.5 Å². The molecule has 2 amide bonds. The second-order valence-electron chi connectivity index (χ2n) is 6.37. The third-order valence-electron chi connectivity index (χ3n) is 4.93. The van der Waals surface area contributed by atoms with E-state index in [1.54, 1.807) is 0 Å². The zero-order chi connectivity index (χ0) is 14.9. The van der Waals surface area contributed by atoms with Gasteiger partial charge < -0.3 is 10.2 Å². The van der Waals surface area contributed by atoms with Gasteiger partial charge in [-0.15, -0.1) is 0 Å². The van der Waals surface area contributed by atoms with Crippen molar-refractivity contribution >= 4 is 11.7 Å². The first-order valence-corrected chi connectivity index (χ1v) is 7.95. The molecule has 2 aliphatic rings. The van der Waals surface area contributed by atoms with Crippen molar-refractivity contribution in [1.82, 2.24) is 4.90 Å². The standard InChI is InChI=1S/C18H24N2O/c1-14-8-6-9-15(2)16(14)19-17(21)20-13-7-12-18(20)10-4-3-5-11-18/h6-9,12H,3-5,10-11,13H2,1-2H3,(H,19,21). The SMILES string of the molecule is Cc1cccc(C)c1NC(=O)N1CC=CC12CCCCC2. The van der Waals surface area contributed by atoms with Gasteiger partial charge in [-0.3, -0.25) is 0 Å². The fourth-order valence-electron chi connectivity index (χ4n) is 3.72. The van der Waals surface area contributed by atoms with Gasteiger partial charge in [-0.05, 0) is 37.8 Å². The molecular weight excluding hydrogens is 260 g/mol. The second-order valence-corrected chi connectivity index (χ2v) is 6.37. The monoisotopic (exact) mass is 284 g/mol. The molecule has 1 heterocycles. The normalized spacial score (nSPS) is 20.0. The average molecular weight is 284 g/mol. The maximum atomic E-state index is 12.8. The van der Waals surface area contributed by atoms with Crippen LogP contribution in [0.1, 0.15) is 43.2 Å². The Morgan fingerprint density at radius 1 is 1.14 bits per heavy atom. The highest BCUT2D eigenvalue weighted by atomic mass is 16.2. The zero-order valence-corrected chi connectivity index (χ0v) is 13.0. The van der Waals surface area contributed by atoms with Crippen LogP contribution in [0.25, 0.3) is 0 Å². The molecule has 1 aromatic carbocycles. The largest absolute Gasteiger partial charge is 0.322 e. The van der Waals surface area contributed by atoms with Crippen molar-refractivity contribution in [3.05, 3.63) is 41.5 Å². The Kier molecular flexibility index (Phi) is 3.75. The minimum Gasteiger partial charge on any atom is -0.312 e. The third kappa shape index (κ3) is 2.57. The average Bonchev–Trinajstić information content (AvgIpc) is 2.87. The van der Waals surface area contributed by atoms with Crippen LogP contribution in [0.3, 0.4) is 0 Å². The molecule has 0 atom stereocenters. The van der Waals surface area contributed by atoms with E-state index in [1.807, 2.05) is 36.9 Å². The van der Waals surface area contributed by atoms with Crippen LogP contribution in [-0.2, 0) is 0 Å². The number of nitrogens with zero attached hydrogens (tertiary/aromatic N) is 1. The maximum Gasteiger partial charge on any atom is 0.322 e. The minimum atomic E-state index is -0.0288. The molecule has 1 spiro atoms. The lowest BCUT2D eigenvalue weighted by molar-refractivity contribution is 0.143. The van der Waals surface area contributed by atoms with E-state index in [9.17, 15) is 4.79 Å². The van der Waals surface area contributed by atoms with E-state index < -0.39 is 0 Å². The summed E-state index contributed by atoms with van der Waals surface area (Å²) >= 11 is 0. The Hall–Kier alpha value is -1.77. The number of para-hydroxylation sites is 1. The van der Waals surface area contributed by atoms with E-state index in [4.69, 9.17) is 0 Å². The van der Waals surface area contributed by atoms with E-state index in [0.717, 1.165) is 36.2 Å². The van der Waals surface area contributed by atoms with Gasteiger partial charge in [-0.1, -0.05) is 49.6 Å². The van der Waals surface area contributed by atoms with Crippen molar-refractivity contribution in [2.24, 2.45) is 0 Å². The first-order chi connectivity index (χ1) is 10.1. The smallest absolute Gasteiger partial charge is 0.312 e. The molecule has 1 fully saturated rings. The van der Waals surface area contributed by atoms with Gasteiger partial charge in [0.05, 0.1) is 5.54 Å². The van der Waals surface area contributed by atoms with Crippen LogP contribution < -0.4 is 5.32 Å². The highest BCUT2D eigenvalue weighted by Gasteiger charge is 2.40. The van der Waals surface area contributed by atoms with E-state index in [0.29, 0.717) is 0 Å². The summed E-state index contributed by atoms with van der Waals surface area (Å²) in [4.78, 5) is 14.8. The predicted octanol–water partition coefficient (Wildman–Crippen LogP) is 4.41. The van der Waals surface area contributed by atoms with E-state index in [-0.39, 0.29) is 11.6 Å². The lowest BCUT2D eigenvalue weighted by atomic mass is 9.81. The molecule has 0 bridgehead atoms. The number of rotatable bonds is 1. The Balaban J connectivity index is 1.79. The van der Waals surface area contributed by atoms with Crippen LogP contribution in [0.5, 0.6) is 0 Å². The molecule has 1 aliphatic carbocycles. The molecule has 112 valence electrons. The van der Waals surface area contributed by atoms with E-state index in [1.165, 1.54) is 19.3 Å². The molecule has 1 aliphatic heterocycles. The van der Waals surface area contributed by atoms with Crippen LogP contribution in [0.15, 0.2) is 30.4 Å². The van der Waals surface area contributed by atoms with Crippen LogP contribution in [0.4, 0.5) is 10.5 Å². The summed E-state index contributed by atoms with van der Waals surface area (Å²) in [5.74, 6) is 0. The van der Waals surface area contributed by atoms with Crippen LogP contribution in [0.2, 0.25) is 0 Å². The number of carbonyl (C=O) groups excluding carboxylic acids is 1. The Morgan fingerprint density at radius 3 is 2.48 bits per heavy atom. The Labute approximate surface area is 127 Å². The quantitative estimate of drug-likeness (QED) is 0.761. The number of hydrogen-bond acceptors (Lipinski definition) is 1. The van der Waals surface area contributed by atoms with Crippen molar-refractivity contribution in [3.8, 4) is 0 Å². The van der Waals surface area contributed by atoms with Gasteiger partial charge in [-0.2, -0.15) is 0 Å². The lowest BCUT2D eigenvalue weighted by Gasteiger charge is -2.41. The second kappa shape index (κ2) is 5.55. The molecule has 1 N–H and O–H groups in total. The van der Waals surface area contributed by atoms with Gasteiger partial charge in [-0.25, -0.2) is 4.79 Å². The minimum absolute atomic E-state index is 0.0288. The molecule has 0 radical (unpaired) electrons. The topological polar surface area (TPSA) is 32.3 Å². The van der Waals surface area contributed by atoms with Crippen molar-refractivity contribution in [2.45, 2.75) is 51.5 Å². The summed E-state index contributed by atoms with van der Waals surface area (Å²) < 4.78 is 0. The van der Waals surface area contributed by atoms with Gasteiger partial charge in [0.2, 0.25) is 0 Å². The van der Waals surface area contributed by atoms with Crippen LogP contribution >= 0.6 is 0 Å². The predicted molar refractivity (Wildman–Crippen MR) is 86.6 cm³/mol. The molecule has 1 aromatic rings. The highest BCUT2D eigenvalue weighted by Crippen LogP contribution is 2.38. The number of benzene rings is 1. The summed E-state index contributed by atoms with van der Waals surface area (Å²) in [6.45, 7) is 4.82. The number of hydrogen-bond donors (Lipinski definition) is 1. The number of urea groups is 1. The first kappa shape index (κ1) is 14.2. The number of nitrogens with one attached hydrogen (secondary N) is 1. The molecule has 21 heavy (non-hydrogen) atoms. The number of amides is 2. The molecule has 3 rings (SSSR count). The van der Waals surface area contributed by atoms with Crippen molar-refractivity contribution in [2.75, 3.05) is 11.9 Å². The fraction of sp³-hybridized carbons (Fsp3) is 0.500. The molecule has 0 unspecified atom stereocenters. The molecule has 0 aromatic heterocycles. The van der Waals surface area contributed by atoms with Gasteiger partial charge in [0.1, 0.15) is 0 Å². The highest BCUT2D eigenvalue weighted by molar-refractivity contribution is 5.92. The number of carbonyl (C=O) groups is 1. The molecule has 3 nitrogen and oxygen atoms in total. The third-order valence-corrected chi connectivity index (χ3v) is 4.93. The van der Waals surface area contributed by atoms with Crippen molar-refractivity contribution in [1.29, 1.82) is 0 Å². The molecule has 1 saturated carbocycles. The Morgan fingerprint density at radius 2 is 1.81 bits per heavy atom. The molecule has 0 saturated heterocycles. The first-order valence-electron chi connectivity index (χ1n) is 7.95. The zero-order valence-electron chi connectivity index (χ0n) is 13.0. The van der Waals surface area contributed by atoms with Gasteiger partial charge >= 0.3 is 6.03 Å². The van der Waals surface area contributed by atoms with Crippen molar-refractivity contribution < 1.29 is 4.79 Å². The van der Waals surface area contributed by atoms with Crippen LogP contribution in [-0.4, -0.2) is 23.0 Å². The number of anilines is 1. The summed E-state index contributed by atoms with van der Waals surface area (Å²) in [7, 11) is 0. The van der Waals surface area contributed by atoms with Gasteiger partial charge in [0.25, 0.3) is 0 Å². The maximum absolute atomic E-state index is 12.8. The van der Waals surface area contributed by atoms with E-state index >= 15 is 0 Å². The summed E-state index contributed by atoms with van der Waals surface area (Å²) in [6, 6.07) is 6.15. The molecule has 3 heteroatoms. The number of aryl methyl sites for hydroxylation is 2. The van der Waals surface area contributed by atoms with Crippen molar-refractivity contribution in [3.63, 3.8) is 0 Å². The molecular formula is C18H24N2O. The lowest BCUT2D eigenvalue weighted by Crippen LogP contribution is -2.50. The van der Waals surface area contributed by atoms with Gasteiger partial charge in [0.15, 0.2) is 0 Å². The summed E-state index contributed by atoms with van der Waals surface area (Å²) in [5.41, 5.74) is 3.17. The summed E-state index contributed by atoms with van der Waals surface area (Å²) in [6.07, 6.45) is 10.3.